The zero-order valence-electron chi connectivity index (χ0n) is 20.8. The Morgan fingerprint density at radius 3 is 2.81 bits per heavy atom. The third kappa shape index (κ3) is 4.90. The van der Waals surface area contributed by atoms with Crippen LogP contribution in [0.4, 0.5) is 0 Å². The van der Waals surface area contributed by atoms with E-state index in [1.807, 2.05) is 18.4 Å². The number of methoxy groups -OCH3 is 1. The molecule has 1 aromatic carbocycles. The van der Waals surface area contributed by atoms with E-state index in [1.165, 1.54) is 29.6 Å². The number of nitrogens with one attached hydrogen (secondary N) is 2. The van der Waals surface area contributed by atoms with Crippen LogP contribution in [-0.4, -0.2) is 39.4 Å². The summed E-state index contributed by atoms with van der Waals surface area (Å²) < 4.78 is 6.46. The molecule has 4 aromatic rings. The molecule has 37 heavy (non-hydrogen) atoms. The van der Waals surface area contributed by atoms with Gasteiger partial charge in [0.1, 0.15) is 10.6 Å². The SMILES string of the molecule is COC(=O)c1cc(CNC(=O)c2cc(CN[C@H]3CCc4c3ccc(C(C)=O)c4C)n3nccc3n2)cs1. The van der Waals surface area contributed by atoms with Crippen molar-refractivity contribution in [1.29, 1.82) is 0 Å². The van der Waals surface area contributed by atoms with E-state index in [1.54, 1.807) is 35.8 Å². The molecule has 0 aliphatic heterocycles. The van der Waals surface area contributed by atoms with Crippen molar-refractivity contribution in [3.05, 3.63) is 86.0 Å². The second-order valence-electron chi connectivity index (χ2n) is 9.06. The van der Waals surface area contributed by atoms with Crippen molar-refractivity contribution in [3.63, 3.8) is 0 Å². The van der Waals surface area contributed by atoms with Crippen LogP contribution in [0.1, 0.15) is 77.9 Å². The van der Waals surface area contributed by atoms with Crippen molar-refractivity contribution in [2.75, 3.05) is 7.11 Å². The van der Waals surface area contributed by atoms with Gasteiger partial charge in [-0.1, -0.05) is 12.1 Å². The molecule has 0 bridgehead atoms. The van der Waals surface area contributed by atoms with E-state index in [9.17, 15) is 14.4 Å². The van der Waals surface area contributed by atoms with Crippen molar-refractivity contribution in [3.8, 4) is 0 Å². The average Bonchev–Trinajstić information content (AvgIpc) is 3.65. The second kappa shape index (κ2) is 10.2. The summed E-state index contributed by atoms with van der Waals surface area (Å²) in [7, 11) is 1.34. The highest BCUT2D eigenvalue weighted by atomic mass is 32.1. The number of fused-ring (bicyclic) bond motifs is 2. The molecule has 0 fully saturated rings. The maximum atomic E-state index is 12.9. The van der Waals surface area contributed by atoms with Crippen LogP contribution in [0, 0.1) is 6.92 Å². The quantitative estimate of drug-likeness (QED) is 0.270. The lowest BCUT2D eigenvalue weighted by Gasteiger charge is -2.16. The summed E-state index contributed by atoms with van der Waals surface area (Å²) >= 11 is 1.27. The fourth-order valence-corrected chi connectivity index (χ4v) is 5.70. The van der Waals surface area contributed by atoms with Gasteiger partial charge in [-0.25, -0.2) is 14.3 Å². The smallest absolute Gasteiger partial charge is 0.348 e. The van der Waals surface area contributed by atoms with Crippen LogP contribution in [0.3, 0.4) is 0 Å². The molecule has 9 nitrogen and oxygen atoms in total. The number of esters is 1. The van der Waals surface area contributed by atoms with E-state index in [0.29, 0.717) is 22.8 Å². The summed E-state index contributed by atoms with van der Waals surface area (Å²) in [5.74, 6) is -0.621. The molecule has 2 N–H and O–H groups in total. The summed E-state index contributed by atoms with van der Waals surface area (Å²) in [6, 6.07) is 9.33. The predicted molar refractivity (Wildman–Crippen MR) is 139 cm³/mol. The number of carbonyl (C=O) groups excluding carboxylic acids is 3. The van der Waals surface area contributed by atoms with Gasteiger partial charge in [0.15, 0.2) is 11.4 Å². The maximum absolute atomic E-state index is 12.9. The zero-order chi connectivity index (χ0) is 26.1. The Morgan fingerprint density at radius 1 is 1.19 bits per heavy atom. The lowest BCUT2D eigenvalue weighted by Crippen LogP contribution is -2.25. The summed E-state index contributed by atoms with van der Waals surface area (Å²) in [4.78, 5) is 41.5. The Balaban J connectivity index is 1.30. The summed E-state index contributed by atoms with van der Waals surface area (Å²) in [5, 5.41) is 12.7. The van der Waals surface area contributed by atoms with Gasteiger partial charge in [-0.2, -0.15) is 5.10 Å². The number of aromatic nitrogens is 3. The summed E-state index contributed by atoms with van der Waals surface area (Å²) in [6.45, 7) is 4.38. The normalized spacial score (nSPS) is 14.5. The molecule has 1 aliphatic rings. The Kier molecular flexibility index (Phi) is 6.86. The number of amides is 1. The maximum Gasteiger partial charge on any atom is 0.348 e. The first-order valence-corrected chi connectivity index (χ1v) is 12.9. The van der Waals surface area contributed by atoms with Gasteiger partial charge >= 0.3 is 5.97 Å². The highest BCUT2D eigenvalue weighted by molar-refractivity contribution is 7.12. The zero-order valence-corrected chi connectivity index (χ0v) is 21.6. The first-order valence-electron chi connectivity index (χ1n) is 12.0. The fourth-order valence-electron chi connectivity index (χ4n) is 4.87. The summed E-state index contributed by atoms with van der Waals surface area (Å²) in [5.41, 5.74) is 6.82. The van der Waals surface area contributed by atoms with E-state index in [4.69, 9.17) is 4.74 Å². The van der Waals surface area contributed by atoms with E-state index in [2.05, 4.69) is 26.8 Å². The Morgan fingerprint density at radius 2 is 2.03 bits per heavy atom. The molecule has 1 atom stereocenters. The van der Waals surface area contributed by atoms with Crippen LogP contribution < -0.4 is 10.6 Å². The standard InChI is InChI=1S/C27H27N5O4S/c1-15-19(16(2)33)4-5-21-20(15)6-7-22(21)28-13-18-11-23(31-25-8-9-30-32(18)25)26(34)29-12-17-10-24(37-14-17)27(35)36-3/h4-5,8-11,14,22,28H,6-7,12-13H2,1-3H3,(H,29,34)/t22-/m0/s1. The Hall–Kier alpha value is -3.89. The van der Waals surface area contributed by atoms with Gasteiger partial charge in [0.05, 0.1) is 19.0 Å². The number of rotatable bonds is 8. The average molecular weight is 518 g/mol. The first kappa shape index (κ1) is 24.8. The number of carbonyl (C=O) groups is 3. The fraction of sp³-hybridized carbons (Fsp3) is 0.296. The number of hydrogen-bond donors (Lipinski definition) is 2. The lowest BCUT2D eigenvalue weighted by molar-refractivity contribution is 0.0606. The van der Waals surface area contributed by atoms with Gasteiger partial charge in [0.25, 0.3) is 5.91 Å². The van der Waals surface area contributed by atoms with Gasteiger partial charge in [-0.05, 0) is 66.5 Å². The molecule has 10 heteroatoms. The van der Waals surface area contributed by atoms with Gasteiger partial charge in [-0.3, -0.25) is 9.59 Å². The van der Waals surface area contributed by atoms with Gasteiger partial charge < -0.3 is 15.4 Å². The van der Waals surface area contributed by atoms with Gasteiger partial charge in [0.2, 0.25) is 0 Å². The molecule has 3 aromatic heterocycles. The first-order chi connectivity index (χ1) is 17.9. The van der Waals surface area contributed by atoms with Crippen molar-refractivity contribution in [2.45, 2.75) is 45.8 Å². The van der Waals surface area contributed by atoms with Crippen LogP contribution in [0.2, 0.25) is 0 Å². The molecular weight excluding hydrogens is 490 g/mol. The minimum absolute atomic E-state index is 0.0864. The molecular formula is C27H27N5O4S. The Labute approximate surface area is 217 Å². The second-order valence-corrected chi connectivity index (χ2v) is 9.97. The van der Waals surface area contributed by atoms with E-state index in [0.717, 1.165) is 35.2 Å². The molecule has 0 unspecified atom stereocenters. The third-order valence-electron chi connectivity index (χ3n) is 6.76. The monoisotopic (exact) mass is 517 g/mol. The molecule has 190 valence electrons. The molecule has 1 amide bonds. The van der Waals surface area contributed by atoms with Crippen LogP contribution in [0.15, 0.2) is 41.9 Å². The molecule has 0 spiro atoms. The van der Waals surface area contributed by atoms with E-state index >= 15 is 0 Å². The number of thiophene rings is 1. The molecule has 0 radical (unpaired) electrons. The molecule has 0 saturated carbocycles. The van der Waals surface area contributed by atoms with Crippen molar-refractivity contribution < 1.29 is 19.1 Å². The predicted octanol–water partition coefficient (Wildman–Crippen LogP) is 3.80. The number of ether oxygens (including phenoxy) is 1. The number of benzene rings is 1. The summed E-state index contributed by atoms with van der Waals surface area (Å²) in [6.07, 6.45) is 3.51. The van der Waals surface area contributed by atoms with E-state index < -0.39 is 5.97 Å². The van der Waals surface area contributed by atoms with Crippen molar-refractivity contribution in [2.24, 2.45) is 0 Å². The largest absolute Gasteiger partial charge is 0.465 e. The molecule has 0 saturated heterocycles. The Bertz CT molecular complexity index is 1520. The van der Waals surface area contributed by atoms with Crippen molar-refractivity contribution >= 4 is 34.6 Å². The lowest BCUT2D eigenvalue weighted by atomic mass is 9.96. The highest BCUT2D eigenvalue weighted by Crippen LogP contribution is 2.35. The van der Waals surface area contributed by atoms with Crippen LogP contribution >= 0.6 is 11.3 Å². The molecule has 1 aliphatic carbocycles. The number of hydrogen-bond acceptors (Lipinski definition) is 8. The minimum Gasteiger partial charge on any atom is -0.465 e. The number of nitrogens with zero attached hydrogens (tertiary/aromatic N) is 3. The van der Waals surface area contributed by atoms with Gasteiger partial charge in [-0.15, -0.1) is 11.3 Å². The van der Waals surface area contributed by atoms with Crippen LogP contribution in [-0.2, 0) is 24.2 Å². The minimum atomic E-state index is -0.396. The van der Waals surface area contributed by atoms with E-state index in [-0.39, 0.29) is 24.3 Å². The van der Waals surface area contributed by atoms with Crippen molar-refractivity contribution in [1.82, 2.24) is 25.2 Å². The number of Topliss-reactive ketones (excluding diaryl/α,β-unsaturated/α-hetero) is 1. The van der Waals surface area contributed by atoms with Gasteiger partial charge in [0, 0.05) is 30.8 Å². The molecule has 3 heterocycles. The topological polar surface area (TPSA) is 115 Å². The van der Waals surface area contributed by atoms with Crippen LogP contribution in [0.25, 0.3) is 5.65 Å². The third-order valence-corrected chi connectivity index (χ3v) is 7.72. The molecule has 5 rings (SSSR count). The number of ketones is 1. The highest BCUT2D eigenvalue weighted by Gasteiger charge is 2.25. The van der Waals surface area contributed by atoms with Crippen LogP contribution in [0.5, 0.6) is 0 Å².